The van der Waals surface area contributed by atoms with Crippen molar-refractivity contribution in [2.24, 2.45) is 4.99 Å². The lowest BCUT2D eigenvalue weighted by Gasteiger charge is -2.25. The van der Waals surface area contributed by atoms with Gasteiger partial charge in [-0.05, 0) is 71.2 Å². The van der Waals surface area contributed by atoms with E-state index in [1.807, 2.05) is 61.5 Å². The molecule has 1 aliphatic rings. The Labute approximate surface area is 215 Å². The van der Waals surface area contributed by atoms with E-state index in [1.54, 1.807) is 31.6 Å². The van der Waals surface area contributed by atoms with E-state index < -0.39 is 12.0 Å². The summed E-state index contributed by atoms with van der Waals surface area (Å²) < 4.78 is 13.6. The number of fused-ring (bicyclic) bond motifs is 1. The highest BCUT2D eigenvalue weighted by Crippen LogP contribution is 2.35. The van der Waals surface area contributed by atoms with Crippen LogP contribution in [0.5, 0.6) is 5.75 Å². The second kappa shape index (κ2) is 10.2. The first kappa shape index (κ1) is 24.9. The van der Waals surface area contributed by atoms with Crippen LogP contribution in [0.4, 0.5) is 5.69 Å². The highest BCUT2D eigenvalue weighted by Gasteiger charge is 2.33. The predicted octanol–water partition coefficient (Wildman–Crippen LogP) is 3.64. The number of benzene rings is 2. The molecule has 1 aromatic heterocycles. The Morgan fingerprint density at radius 1 is 1.23 bits per heavy atom. The maximum absolute atomic E-state index is 13.7. The van der Waals surface area contributed by atoms with Gasteiger partial charge in [-0.25, -0.2) is 9.79 Å². The molecule has 9 heteroatoms. The monoisotopic (exact) mass is 555 g/mol. The molecule has 0 fully saturated rings. The zero-order chi connectivity index (χ0) is 25.3. The molecule has 0 spiro atoms. The fourth-order valence-corrected chi connectivity index (χ4v) is 5.58. The maximum atomic E-state index is 13.7. The molecule has 0 aliphatic carbocycles. The van der Waals surface area contributed by atoms with Gasteiger partial charge >= 0.3 is 5.97 Å². The Balaban J connectivity index is 1.91. The summed E-state index contributed by atoms with van der Waals surface area (Å²) in [6.45, 7) is 3.75. The number of allylic oxidation sites excluding steroid dienone is 1. The van der Waals surface area contributed by atoms with Crippen molar-refractivity contribution in [3.63, 3.8) is 0 Å². The van der Waals surface area contributed by atoms with Gasteiger partial charge in [0.2, 0.25) is 0 Å². The first-order valence-electron chi connectivity index (χ1n) is 11.1. The number of anilines is 1. The Morgan fingerprint density at radius 3 is 2.54 bits per heavy atom. The molecule has 0 saturated carbocycles. The minimum absolute atomic E-state index is 0.211. The number of rotatable bonds is 6. The van der Waals surface area contributed by atoms with Gasteiger partial charge < -0.3 is 14.4 Å². The number of methoxy groups -OCH3 is 1. The third kappa shape index (κ3) is 4.83. The standard InChI is InChI=1S/C26H26BrN3O4S/c1-6-34-25(32)22-15(2)28-26-30(23(22)17-9-12-20(33-5)19(27)14-17)24(31)21(35-26)13-16-7-10-18(11-8-16)29(3)4/h7-14,23H,6H2,1-5H3/b21-13+/t23-/m0/s1. The molecular formula is C26H26BrN3O4S. The molecule has 0 radical (unpaired) electrons. The summed E-state index contributed by atoms with van der Waals surface area (Å²) in [5.74, 6) is 0.167. The summed E-state index contributed by atoms with van der Waals surface area (Å²) in [5, 5.41) is 0. The molecule has 0 bridgehead atoms. The average molecular weight is 556 g/mol. The Bertz CT molecular complexity index is 1490. The van der Waals surface area contributed by atoms with Gasteiger partial charge in [0, 0.05) is 19.8 Å². The van der Waals surface area contributed by atoms with E-state index in [-0.39, 0.29) is 12.2 Å². The van der Waals surface area contributed by atoms with E-state index in [0.717, 1.165) is 21.3 Å². The van der Waals surface area contributed by atoms with Crippen molar-refractivity contribution in [3.8, 4) is 5.75 Å². The van der Waals surface area contributed by atoms with Crippen LogP contribution in [0.25, 0.3) is 6.08 Å². The van der Waals surface area contributed by atoms with E-state index in [9.17, 15) is 9.59 Å². The summed E-state index contributed by atoms with van der Waals surface area (Å²) >= 11 is 4.83. The SMILES string of the molecule is CCOC(=O)C1=C(C)N=c2s/c(=C/c3ccc(N(C)C)cc3)c(=O)n2[C@H]1c1ccc(OC)c(Br)c1. The van der Waals surface area contributed by atoms with Crippen molar-refractivity contribution in [1.82, 2.24) is 4.57 Å². The molecule has 0 saturated heterocycles. The predicted molar refractivity (Wildman–Crippen MR) is 142 cm³/mol. The summed E-state index contributed by atoms with van der Waals surface area (Å²) in [6, 6.07) is 12.8. The molecule has 0 unspecified atom stereocenters. The van der Waals surface area contributed by atoms with Gasteiger partial charge in [0.1, 0.15) is 5.75 Å². The summed E-state index contributed by atoms with van der Waals surface area (Å²) in [7, 11) is 5.55. The molecule has 182 valence electrons. The average Bonchev–Trinajstić information content (AvgIpc) is 3.12. The first-order chi connectivity index (χ1) is 16.7. The van der Waals surface area contributed by atoms with Crippen molar-refractivity contribution in [1.29, 1.82) is 0 Å². The molecule has 7 nitrogen and oxygen atoms in total. The summed E-state index contributed by atoms with van der Waals surface area (Å²) in [6.07, 6.45) is 1.85. The quantitative estimate of drug-likeness (QED) is 0.434. The Kier molecular flexibility index (Phi) is 7.28. The van der Waals surface area contributed by atoms with Crippen LogP contribution >= 0.6 is 27.3 Å². The number of nitrogens with zero attached hydrogens (tertiary/aromatic N) is 3. The van der Waals surface area contributed by atoms with Gasteiger partial charge in [0.25, 0.3) is 5.56 Å². The number of esters is 1. The molecule has 3 aromatic rings. The van der Waals surface area contributed by atoms with Crippen LogP contribution < -0.4 is 24.5 Å². The number of carbonyl (C=O) groups excluding carboxylic acids is 1. The van der Waals surface area contributed by atoms with Crippen LogP contribution in [0.15, 0.2) is 68.0 Å². The fourth-order valence-electron chi connectivity index (χ4n) is 3.98. The normalized spacial score (nSPS) is 15.5. The van der Waals surface area contributed by atoms with Gasteiger partial charge in [-0.1, -0.05) is 29.5 Å². The van der Waals surface area contributed by atoms with Crippen LogP contribution in [-0.2, 0) is 9.53 Å². The number of hydrogen-bond donors (Lipinski definition) is 0. The van der Waals surface area contributed by atoms with E-state index in [1.165, 1.54) is 11.3 Å². The lowest BCUT2D eigenvalue weighted by Crippen LogP contribution is -2.39. The molecule has 1 atom stereocenters. The largest absolute Gasteiger partial charge is 0.496 e. The van der Waals surface area contributed by atoms with E-state index in [4.69, 9.17) is 9.47 Å². The smallest absolute Gasteiger partial charge is 0.338 e. The summed E-state index contributed by atoms with van der Waals surface area (Å²) in [5.41, 5.74) is 3.39. The molecule has 35 heavy (non-hydrogen) atoms. The number of aromatic nitrogens is 1. The van der Waals surface area contributed by atoms with Crippen LogP contribution in [0, 0.1) is 0 Å². The minimum atomic E-state index is -0.675. The third-order valence-corrected chi connectivity index (χ3v) is 7.32. The molecule has 4 rings (SSSR count). The molecule has 2 aromatic carbocycles. The Morgan fingerprint density at radius 2 is 1.94 bits per heavy atom. The highest BCUT2D eigenvalue weighted by atomic mass is 79.9. The van der Waals surface area contributed by atoms with Gasteiger partial charge in [-0.15, -0.1) is 0 Å². The molecular weight excluding hydrogens is 530 g/mol. The van der Waals surface area contributed by atoms with Gasteiger partial charge in [0.05, 0.1) is 40.0 Å². The summed E-state index contributed by atoms with van der Waals surface area (Å²) in [4.78, 5) is 33.9. The molecule has 1 aliphatic heterocycles. The van der Waals surface area contributed by atoms with Crippen molar-refractivity contribution in [2.75, 3.05) is 32.7 Å². The number of ether oxygens (including phenoxy) is 2. The van der Waals surface area contributed by atoms with Gasteiger partial charge in [-0.3, -0.25) is 9.36 Å². The first-order valence-corrected chi connectivity index (χ1v) is 12.7. The van der Waals surface area contributed by atoms with Crippen molar-refractivity contribution >= 4 is 45.0 Å². The zero-order valence-electron chi connectivity index (χ0n) is 20.2. The maximum Gasteiger partial charge on any atom is 0.338 e. The van der Waals surface area contributed by atoms with Crippen molar-refractivity contribution in [3.05, 3.63) is 89.0 Å². The highest BCUT2D eigenvalue weighted by molar-refractivity contribution is 9.10. The third-order valence-electron chi connectivity index (χ3n) is 5.72. The number of halogens is 1. The Hall–Kier alpha value is -3.17. The lowest BCUT2D eigenvalue weighted by atomic mass is 9.96. The number of carbonyl (C=O) groups is 1. The second-order valence-electron chi connectivity index (χ2n) is 8.18. The van der Waals surface area contributed by atoms with Crippen LogP contribution in [-0.4, -0.2) is 38.3 Å². The van der Waals surface area contributed by atoms with Gasteiger partial charge in [0.15, 0.2) is 4.80 Å². The molecule has 2 heterocycles. The number of thiazole rings is 1. The number of hydrogen-bond acceptors (Lipinski definition) is 7. The topological polar surface area (TPSA) is 73.1 Å². The zero-order valence-corrected chi connectivity index (χ0v) is 22.6. The fraction of sp³-hybridized carbons (Fsp3) is 0.269. The van der Waals surface area contributed by atoms with Crippen molar-refractivity contribution < 1.29 is 14.3 Å². The molecule has 0 amide bonds. The van der Waals surface area contributed by atoms with Crippen LogP contribution in [0.3, 0.4) is 0 Å². The lowest BCUT2D eigenvalue weighted by molar-refractivity contribution is -0.139. The second-order valence-corrected chi connectivity index (χ2v) is 10.0. The van der Waals surface area contributed by atoms with E-state index in [2.05, 4.69) is 20.9 Å². The minimum Gasteiger partial charge on any atom is -0.496 e. The van der Waals surface area contributed by atoms with Crippen molar-refractivity contribution in [2.45, 2.75) is 19.9 Å². The van der Waals surface area contributed by atoms with Gasteiger partial charge in [-0.2, -0.15) is 0 Å². The molecule has 0 N–H and O–H groups in total. The van der Waals surface area contributed by atoms with Crippen LogP contribution in [0.1, 0.15) is 31.0 Å². The van der Waals surface area contributed by atoms with E-state index >= 15 is 0 Å². The van der Waals surface area contributed by atoms with Crippen LogP contribution in [0.2, 0.25) is 0 Å². The van der Waals surface area contributed by atoms with E-state index in [0.29, 0.717) is 26.4 Å².